The van der Waals surface area contributed by atoms with E-state index in [2.05, 4.69) is 0 Å². The van der Waals surface area contributed by atoms with Crippen molar-refractivity contribution < 1.29 is 37.4 Å². The Morgan fingerprint density at radius 3 is 1.33 bits per heavy atom. The van der Waals surface area contributed by atoms with E-state index in [4.69, 9.17) is 10.2 Å². The van der Waals surface area contributed by atoms with Crippen LogP contribution in [0.1, 0.15) is 12.8 Å². The molecule has 0 saturated heterocycles. The molecule has 0 aliphatic carbocycles. The van der Waals surface area contributed by atoms with E-state index in [0.717, 1.165) is 0 Å². The van der Waals surface area contributed by atoms with Crippen LogP contribution in [0.5, 0.6) is 0 Å². The third-order valence-corrected chi connectivity index (χ3v) is 1.80. The maximum atomic E-state index is 13.0. The van der Waals surface area contributed by atoms with E-state index < -0.39 is 36.6 Å². The third-order valence-electron chi connectivity index (χ3n) is 1.80. The van der Waals surface area contributed by atoms with Crippen LogP contribution in [0.3, 0.4) is 0 Å². The minimum absolute atomic E-state index is 0.330. The van der Waals surface area contributed by atoms with E-state index >= 15 is 0 Å². The quantitative estimate of drug-likeness (QED) is 0.550. The molecule has 0 radical (unpaired) electrons. The number of halogens is 4. The Hall–Kier alpha value is -1.86. The summed E-state index contributed by atoms with van der Waals surface area (Å²) in [6.07, 6.45) is -1.41. The molecule has 2 N–H and O–H groups in total. The van der Waals surface area contributed by atoms with Crippen LogP contribution in [0.4, 0.5) is 17.6 Å². The number of rotatable bonds is 7. The second-order valence-corrected chi connectivity index (χ2v) is 3.30. The fourth-order valence-electron chi connectivity index (χ4n) is 0.914. The summed E-state index contributed by atoms with van der Waals surface area (Å²) in [5.41, 5.74) is 0. The van der Waals surface area contributed by atoms with Crippen molar-refractivity contribution in [3.05, 3.63) is 24.3 Å². The normalized spacial score (nSPS) is 13.3. The highest BCUT2D eigenvalue weighted by Crippen LogP contribution is 2.40. The first kappa shape index (κ1) is 16.1. The van der Waals surface area contributed by atoms with Crippen LogP contribution in [0.2, 0.25) is 0 Å². The lowest BCUT2D eigenvalue weighted by Gasteiger charge is -2.24. The van der Waals surface area contributed by atoms with Gasteiger partial charge in [0.25, 0.3) is 0 Å². The molecule has 0 aliphatic heterocycles. The molecule has 0 amide bonds. The van der Waals surface area contributed by atoms with Crippen molar-refractivity contribution in [2.75, 3.05) is 0 Å². The molecule has 0 aromatic carbocycles. The third kappa shape index (κ3) is 5.46. The standard InChI is InChI=1S/C10H10F4O4/c11-9(12,5-1-3-7(15)16)10(13,14)6-2-4-8(17)18/h1-4H,5-6H2,(H,15,16)(H,17,18)/b3-1+,4-2+. The van der Waals surface area contributed by atoms with E-state index in [9.17, 15) is 27.2 Å². The highest BCUT2D eigenvalue weighted by atomic mass is 19.3. The van der Waals surface area contributed by atoms with Crippen molar-refractivity contribution in [3.8, 4) is 0 Å². The average Bonchev–Trinajstić information content (AvgIpc) is 2.15. The zero-order chi connectivity index (χ0) is 14.4. The van der Waals surface area contributed by atoms with Crippen LogP contribution < -0.4 is 0 Å². The molecular weight excluding hydrogens is 260 g/mol. The molecule has 4 nitrogen and oxygen atoms in total. The van der Waals surface area contributed by atoms with Crippen LogP contribution in [-0.2, 0) is 9.59 Å². The second-order valence-electron chi connectivity index (χ2n) is 3.30. The van der Waals surface area contributed by atoms with E-state index in [1.807, 2.05) is 0 Å². The van der Waals surface area contributed by atoms with Gasteiger partial charge in [-0.3, -0.25) is 0 Å². The first-order valence-electron chi connectivity index (χ1n) is 4.63. The number of carboxylic acids is 2. The molecule has 0 spiro atoms. The van der Waals surface area contributed by atoms with Crippen LogP contribution in [0, 0.1) is 0 Å². The van der Waals surface area contributed by atoms with Crippen molar-refractivity contribution >= 4 is 11.9 Å². The smallest absolute Gasteiger partial charge is 0.327 e. The molecule has 0 aromatic heterocycles. The molecule has 0 bridgehead atoms. The van der Waals surface area contributed by atoms with Crippen LogP contribution in [0.25, 0.3) is 0 Å². The number of carbonyl (C=O) groups is 2. The van der Waals surface area contributed by atoms with E-state index in [-0.39, 0.29) is 0 Å². The predicted molar refractivity (Wildman–Crippen MR) is 52.7 cm³/mol. The summed E-state index contributed by atoms with van der Waals surface area (Å²) in [6, 6.07) is 0. The monoisotopic (exact) mass is 270 g/mol. The maximum absolute atomic E-state index is 13.0. The van der Waals surface area contributed by atoms with Crippen molar-refractivity contribution in [2.45, 2.75) is 24.7 Å². The maximum Gasteiger partial charge on any atom is 0.327 e. The highest BCUT2D eigenvalue weighted by molar-refractivity contribution is 5.80. The lowest BCUT2D eigenvalue weighted by Crippen LogP contribution is -2.39. The van der Waals surface area contributed by atoms with Gasteiger partial charge >= 0.3 is 23.8 Å². The molecule has 0 unspecified atom stereocenters. The van der Waals surface area contributed by atoms with Crippen LogP contribution >= 0.6 is 0 Å². The summed E-state index contributed by atoms with van der Waals surface area (Å²) >= 11 is 0. The Labute approximate surface area is 99.2 Å². The molecule has 102 valence electrons. The molecular formula is C10H10F4O4. The van der Waals surface area contributed by atoms with Gasteiger partial charge in [0.1, 0.15) is 0 Å². The summed E-state index contributed by atoms with van der Waals surface area (Å²) in [5.74, 6) is -12.0. The predicted octanol–water partition coefficient (Wildman–Crippen LogP) is 2.32. The SMILES string of the molecule is O=C(O)/C=C/CC(F)(F)C(F)(F)C/C=C/C(=O)O. The Morgan fingerprint density at radius 2 is 1.11 bits per heavy atom. The molecule has 0 aliphatic rings. The van der Waals surface area contributed by atoms with Crippen molar-refractivity contribution in [3.63, 3.8) is 0 Å². The molecule has 0 rings (SSSR count). The number of alkyl halides is 4. The summed E-state index contributed by atoms with van der Waals surface area (Å²) in [6.45, 7) is 0. The van der Waals surface area contributed by atoms with E-state index in [1.54, 1.807) is 0 Å². The Kier molecular flexibility index (Phi) is 5.54. The molecule has 18 heavy (non-hydrogen) atoms. The highest BCUT2D eigenvalue weighted by Gasteiger charge is 2.54. The Balaban J connectivity index is 4.63. The van der Waals surface area contributed by atoms with Gasteiger partial charge in [-0.2, -0.15) is 17.6 Å². The Bertz CT molecular complexity index is 338. The lowest BCUT2D eigenvalue weighted by molar-refractivity contribution is -0.204. The number of aliphatic carboxylic acids is 2. The summed E-state index contributed by atoms with van der Waals surface area (Å²) in [5, 5.41) is 16.2. The van der Waals surface area contributed by atoms with Gasteiger partial charge in [0.05, 0.1) is 0 Å². The minimum Gasteiger partial charge on any atom is -0.478 e. The van der Waals surface area contributed by atoms with Crippen molar-refractivity contribution in [1.82, 2.24) is 0 Å². The fraction of sp³-hybridized carbons (Fsp3) is 0.400. The number of hydrogen-bond donors (Lipinski definition) is 2. The van der Waals surface area contributed by atoms with E-state index in [1.165, 1.54) is 0 Å². The van der Waals surface area contributed by atoms with Crippen LogP contribution in [0.15, 0.2) is 24.3 Å². The number of allylic oxidation sites excluding steroid dienone is 2. The first-order chi connectivity index (χ1) is 8.08. The number of hydrogen-bond acceptors (Lipinski definition) is 2. The molecule has 0 aromatic rings. The van der Waals surface area contributed by atoms with Crippen molar-refractivity contribution in [2.24, 2.45) is 0 Å². The van der Waals surface area contributed by atoms with Gasteiger partial charge in [0.15, 0.2) is 0 Å². The molecule has 0 heterocycles. The van der Waals surface area contributed by atoms with Gasteiger partial charge in [-0.15, -0.1) is 0 Å². The van der Waals surface area contributed by atoms with Gasteiger partial charge < -0.3 is 10.2 Å². The van der Waals surface area contributed by atoms with Gasteiger partial charge in [-0.25, -0.2) is 9.59 Å². The lowest BCUT2D eigenvalue weighted by atomic mass is 10.0. The molecule has 0 atom stereocenters. The van der Waals surface area contributed by atoms with Gasteiger partial charge in [0, 0.05) is 25.0 Å². The topological polar surface area (TPSA) is 74.6 Å². The van der Waals surface area contributed by atoms with E-state index in [0.29, 0.717) is 24.3 Å². The largest absolute Gasteiger partial charge is 0.478 e. The summed E-state index contributed by atoms with van der Waals surface area (Å²) in [7, 11) is 0. The van der Waals surface area contributed by atoms with Crippen molar-refractivity contribution in [1.29, 1.82) is 0 Å². The molecule has 0 saturated carbocycles. The summed E-state index contributed by atoms with van der Waals surface area (Å²) < 4.78 is 52.0. The molecule has 8 heteroatoms. The fourth-order valence-corrected chi connectivity index (χ4v) is 0.914. The average molecular weight is 270 g/mol. The Morgan fingerprint density at radius 1 is 0.833 bits per heavy atom. The minimum atomic E-state index is -4.46. The summed E-state index contributed by atoms with van der Waals surface area (Å²) in [4.78, 5) is 20.0. The van der Waals surface area contributed by atoms with Crippen LogP contribution in [-0.4, -0.2) is 34.0 Å². The number of carboxylic acid groups (broad SMARTS) is 2. The molecule has 0 fully saturated rings. The second kappa shape index (κ2) is 6.18. The first-order valence-corrected chi connectivity index (χ1v) is 4.63. The zero-order valence-electron chi connectivity index (χ0n) is 8.95. The zero-order valence-corrected chi connectivity index (χ0v) is 8.95. The van der Waals surface area contributed by atoms with Gasteiger partial charge in [0.2, 0.25) is 0 Å². The van der Waals surface area contributed by atoms with Gasteiger partial charge in [-0.05, 0) is 0 Å². The van der Waals surface area contributed by atoms with Gasteiger partial charge in [-0.1, -0.05) is 12.2 Å².